The van der Waals surface area contributed by atoms with Gasteiger partial charge in [-0.1, -0.05) is 53.2 Å². The summed E-state index contributed by atoms with van der Waals surface area (Å²) in [6, 6.07) is 15.5. The zero-order chi connectivity index (χ0) is 14.4. The predicted octanol–water partition coefficient (Wildman–Crippen LogP) is 3.87. The Morgan fingerprint density at radius 3 is 2.70 bits per heavy atom. The normalized spacial score (nSPS) is 11.6. The number of nitrogens with zero attached hydrogens (tertiary/aromatic N) is 1. The van der Waals surface area contributed by atoms with Crippen molar-refractivity contribution in [2.24, 2.45) is 10.9 Å². The Balaban J connectivity index is 1.96. The van der Waals surface area contributed by atoms with E-state index in [1.165, 1.54) is 0 Å². The maximum atomic E-state index is 8.68. The number of hydrogen-bond donors (Lipinski definition) is 2. The molecule has 0 saturated carbocycles. The van der Waals surface area contributed by atoms with E-state index in [0.29, 0.717) is 0 Å². The van der Waals surface area contributed by atoms with Gasteiger partial charge in [-0.15, -0.1) is 0 Å². The lowest BCUT2D eigenvalue weighted by atomic mass is 10.1. The molecule has 5 heteroatoms. The molecule has 0 bridgehead atoms. The molecule has 0 atom stereocenters. The van der Waals surface area contributed by atoms with Crippen molar-refractivity contribution in [2.75, 3.05) is 0 Å². The van der Waals surface area contributed by atoms with Crippen LogP contribution < -0.4 is 5.73 Å². The summed E-state index contributed by atoms with van der Waals surface area (Å²) in [5.74, 6) is 1.83. The molecule has 2 aromatic carbocycles. The molecule has 0 fully saturated rings. The molecule has 3 nitrogen and oxygen atoms in total. The highest BCUT2D eigenvalue weighted by Gasteiger charge is 2.02. The minimum absolute atomic E-state index is 0.128. The van der Waals surface area contributed by atoms with Gasteiger partial charge in [-0.25, -0.2) is 0 Å². The van der Waals surface area contributed by atoms with Gasteiger partial charge in [0.25, 0.3) is 0 Å². The third kappa shape index (κ3) is 3.92. The van der Waals surface area contributed by atoms with Crippen molar-refractivity contribution in [3.63, 3.8) is 0 Å². The molecular weight excluding hydrogens is 292 g/mol. The summed E-state index contributed by atoms with van der Waals surface area (Å²) in [5.41, 5.74) is 8.57. The Morgan fingerprint density at radius 1 is 1.15 bits per heavy atom. The summed E-state index contributed by atoms with van der Waals surface area (Å²) in [6.45, 7) is 0. The van der Waals surface area contributed by atoms with Gasteiger partial charge in [-0.3, -0.25) is 0 Å². The Kier molecular flexibility index (Phi) is 5.32. The fourth-order valence-corrected chi connectivity index (χ4v) is 3.04. The second kappa shape index (κ2) is 7.22. The molecule has 3 N–H and O–H groups in total. The van der Waals surface area contributed by atoms with Crippen LogP contribution in [0, 0.1) is 0 Å². The number of benzene rings is 2. The first kappa shape index (κ1) is 14.8. The summed E-state index contributed by atoms with van der Waals surface area (Å²) in [4.78, 5) is 0. The number of amidine groups is 1. The van der Waals surface area contributed by atoms with E-state index in [2.05, 4.69) is 5.16 Å². The maximum absolute atomic E-state index is 8.68. The van der Waals surface area contributed by atoms with Crippen molar-refractivity contribution in [1.82, 2.24) is 0 Å². The Labute approximate surface area is 127 Å². The Hall–Kier alpha value is -1.65. The summed E-state index contributed by atoms with van der Waals surface area (Å²) in [5, 5.41) is 12.5. The number of hydrogen-bond acceptors (Lipinski definition) is 3. The minimum atomic E-state index is 0.128. The Bertz CT molecular complexity index is 616. The molecule has 0 spiro atoms. The van der Waals surface area contributed by atoms with Crippen molar-refractivity contribution in [3.8, 4) is 0 Å². The van der Waals surface area contributed by atoms with Gasteiger partial charge < -0.3 is 10.9 Å². The van der Waals surface area contributed by atoms with E-state index in [1.807, 2.05) is 48.5 Å². The molecule has 0 aliphatic carbocycles. The van der Waals surface area contributed by atoms with Gasteiger partial charge in [0.15, 0.2) is 5.84 Å². The molecule has 0 heterocycles. The zero-order valence-corrected chi connectivity index (χ0v) is 12.4. The summed E-state index contributed by atoms with van der Waals surface area (Å²) < 4.78 is 0. The van der Waals surface area contributed by atoms with Crippen LogP contribution in [0.25, 0.3) is 0 Å². The third-order valence-electron chi connectivity index (χ3n) is 2.81. The van der Waals surface area contributed by atoms with Gasteiger partial charge in [0.1, 0.15) is 0 Å². The summed E-state index contributed by atoms with van der Waals surface area (Å²) >= 11 is 7.89. The predicted molar refractivity (Wildman–Crippen MR) is 85.4 cm³/mol. The highest BCUT2D eigenvalue weighted by atomic mass is 35.5. The van der Waals surface area contributed by atoms with Gasteiger partial charge in [0.05, 0.1) is 0 Å². The molecule has 2 rings (SSSR count). The molecule has 20 heavy (non-hydrogen) atoms. The first-order chi connectivity index (χ1) is 9.70. The molecular formula is C15H15ClN2OS. The van der Waals surface area contributed by atoms with Crippen LogP contribution in [0.5, 0.6) is 0 Å². The summed E-state index contributed by atoms with van der Waals surface area (Å²) in [6.07, 6.45) is 0. The number of nitrogens with two attached hydrogens (primary N) is 1. The first-order valence-corrected chi connectivity index (χ1v) is 7.62. The lowest BCUT2D eigenvalue weighted by Crippen LogP contribution is -2.13. The maximum Gasteiger partial charge on any atom is 0.170 e. The largest absolute Gasteiger partial charge is 0.409 e. The fourth-order valence-electron chi connectivity index (χ4n) is 1.77. The van der Waals surface area contributed by atoms with Crippen molar-refractivity contribution < 1.29 is 5.21 Å². The van der Waals surface area contributed by atoms with Crippen LogP contribution in [-0.4, -0.2) is 11.0 Å². The third-order valence-corrected chi connectivity index (χ3v) is 4.24. The smallest absolute Gasteiger partial charge is 0.170 e. The number of thioether (sulfide) groups is 1. The number of oxime groups is 1. The van der Waals surface area contributed by atoms with E-state index >= 15 is 0 Å². The first-order valence-electron chi connectivity index (χ1n) is 6.08. The van der Waals surface area contributed by atoms with Gasteiger partial charge in [-0.05, 0) is 23.3 Å². The highest BCUT2D eigenvalue weighted by Crippen LogP contribution is 2.23. The second-order valence-corrected chi connectivity index (χ2v) is 5.66. The quantitative estimate of drug-likeness (QED) is 0.381. The van der Waals surface area contributed by atoms with Gasteiger partial charge in [0, 0.05) is 22.1 Å². The van der Waals surface area contributed by atoms with E-state index in [0.717, 1.165) is 33.2 Å². The Morgan fingerprint density at radius 2 is 1.95 bits per heavy atom. The van der Waals surface area contributed by atoms with Crippen LogP contribution >= 0.6 is 23.4 Å². The molecule has 0 amide bonds. The monoisotopic (exact) mass is 306 g/mol. The second-order valence-electron chi connectivity index (χ2n) is 4.27. The lowest BCUT2D eigenvalue weighted by molar-refractivity contribution is 0.318. The van der Waals surface area contributed by atoms with Crippen LogP contribution in [0.3, 0.4) is 0 Å². The van der Waals surface area contributed by atoms with Crippen LogP contribution in [-0.2, 0) is 11.5 Å². The molecule has 0 aromatic heterocycles. The van der Waals surface area contributed by atoms with E-state index in [1.54, 1.807) is 11.8 Å². The number of rotatable bonds is 5. The van der Waals surface area contributed by atoms with E-state index < -0.39 is 0 Å². The molecule has 2 aromatic rings. The average molecular weight is 307 g/mol. The SMILES string of the molecule is N/C(=N/O)c1cccc(CSCc2ccccc2Cl)c1. The van der Waals surface area contributed by atoms with Crippen molar-refractivity contribution in [1.29, 1.82) is 0 Å². The van der Waals surface area contributed by atoms with E-state index in [9.17, 15) is 0 Å². The number of halogens is 1. The fraction of sp³-hybridized carbons (Fsp3) is 0.133. The van der Waals surface area contributed by atoms with Crippen LogP contribution in [0.2, 0.25) is 5.02 Å². The van der Waals surface area contributed by atoms with Crippen LogP contribution in [0.4, 0.5) is 0 Å². The molecule has 0 aliphatic rings. The van der Waals surface area contributed by atoms with Crippen molar-refractivity contribution in [2.45, 2.75) is 11.5 Å². The topological polar surface area (TPSA) is 58.6 Å². The summed E-state index contributed by atoms with van der Waals surface area (Å²) in [7, 11) is 0. The van der Waals surface area contributed by atoms with E-state index in [4.69, 9.17) is 22.5 Å². The molecule has 0 saturated heterocycles. The minimum Gasteiger partial charge on any atom is -0.409 e. The molecule has 0 aliphatic heterocycles. The van der Waals surface area contributed by atoms with Gasteiger partial charge in [0.2, 0.25) is 0 Å². The van der Waals surface area contributed by atoms with Gasteiger partial charge in [-0.2, -0.15) is 11.8 Å². The van der Waals surface area contributed by atoms with Crippen molar-refractivity contribution in [3.05, 3.63) is 70.2 Å². The molecule has 104 valence electrons. The van der Waals surface area contributed by atoms with Crippen LogP contribution in [0.15, 0.2) is 53.7 Å². The molecule has 0 unspecified atom stereocenters. The van der Waals surface area contributed by atoms with Crippen LogP contribution in [0.1, 0.15) is 16.7 Å². The average Bonchev–Trinajstić information content (AvgIpc) is 2.49. The highest BCUT2D eigenvalue weighted by molar-refractivity contribution is 7.97. The van der Waals surface area contributed by atoms with Crippen molar-refractivity contribution >= 4 is 29.2 Å². The van der Waals surface area contributed by atoms with Gasteiger partial charge >= 0.3 is 0 Å². The lowest BCUT2D eigenvalue weighted by Gasteiger charge is -2.06. The standard InChI is InChI=1S/C15H15ClN2OS/c16-14-7-2-1-5-13(14)10-20-9-11-4-3-6-12(8-11)15(17)18-19/h1-8,19H,9-10H2,(H2,17,18). The molecule has 0 radical (unpaired) electrons. The van der Waals surface area contributed by atoms with E-state index in [-0.39, 0.29) is 5.84 Å². The zero-order valence-electron chi connectivity index (χ0n) is 10.8.